The molecule has 0 heterocycles. The molecule has 54 valence electrons. The Morgan fingerprint density at radius 1 is 1.67 bits per heavy atom. The SMILES string of the molecule is CNCC(=N)OC(C)C. The van der Waals surface area contributed by atoms with E-state index < -0.39 is 0 Å². The molecule has 0 aliphatic heterocycles. The van der Waals surface area contributed by atoms with E-state index in [1.165, 1.54) is 0 Å². The number of hydrogen-bond acceptors (Lipinski definition) is 3. The van der Waals surface area contributed by atoms with E-state index in [1.807, 2.05) is 13.8 Å². The average Bonchev–Trinajstić information content (AvgIpc) is 1.63. The Morgan fingerprint density at radius 3 is 2.56 bits per heavy atom. The van der Waals surface area contributed by atoms with Gasteiger partial charge in [0.15, 0.2) is 5.90 Å². The lowest BCUT2D eigenvalue weighted by molar-refractivity contribution is 0.220. The summed E-state index contributed by atoms with van der Waals surface area (Å²) in [7, 11) is 1.79. The molecule has 0 aliphatic carbocycles. The number of rotatable bonds is 3. The molecule has 0 aromatic rings. The molecule has 0 radical (unpaired) electrons. The van der Waals surface area contributed by atoms with Crippen molar-refractivity contribution in [2.24, 2.45) is 0 Å². The number of nitrogens with one attached hydrogen (secondary N) is 2. The van der Waals surface area contributed by atoms with Gasteiger partial charge in [-0.15, -0.1) is 0 Å². The molecule has 0 saturated carbocycles. The molecule has 0 atom stereocenters. The third-order valence-corrected chi connectivity index (χ3v) is 0.715. The third-order valence-electron chi connectivity index (χ3n) is 0.715. The zero-order valence-corrected chi connectivity index (χ0v) is 6.19. The highest BCUT2D eigenvalue weighted by Crippen LogP contribution is 1.86. The van der Waals surface area contributed by atoms with Crippen LogP contribution in [0, 0.1) is 5.41 Å². The van der Waals surface area contributed by atoms with Gasteiger partial charge in [0.05, 0.1) is 12.6 Å². The van der Waals surface area contributed by atoms with Crippen LogP contribution in [0.5, 0.6) is 0 Å². The largest absolute Gasteiger partial charge is 0.477 e. The summed E-state index contributed by atoms with van der Waals surface area (Å²) in [5.41, 5.74) is 0. The lowest BCUT2D eigenvalue weighted by atomic mass is 10.5. The van der Waals surface area contributed by atoms with Crippen molar-refractivity contribution in [2.75, 3.05) is 13.6 Å². The highest BCUT2D eigenvalue weighted by Gasteiger charge is 1.96. The number of hydrogen-bond donors (Lipinski definition) is 2. The summed E-state index contributed by atoms with van der Waals surface area (Å²) >= 11 is 0. The molecule has 0 aromatic carbocycles. The monoisotopic (exact) mass is 130 g/mol. The fraction of sp³-hybridized carbons (Fsp3) is 0.833. The summed E-state index contributed by atoms with van der Waals surface area (Å²) in [4.78, 5) is 0. The van der Waals surface area contributed by atoms with Crippen molar-refractivity contribution in [1.82, 2.24) is 5.32 Å². The zero-order chi connectivity index (χ0) is 7.28. The fourth-order valence-electron chi connectivity index (χ4n) is 0.487. The predicted molar refractivity (Wildman–Crippen MR) is 37.9 cm³/mol. The first-order valence-electron chi connectivity index (χ1n) is 3.05. The Morgan fingerprint density at radius 2 is 2.22 bits per heavy atom. The Bertz CT molecular complexity index is 91.1. The molecule has 3 nitrogen and oxygen atoms in total. The summed E-state index contributed by atoms with van der Waals surface area (Å²) in [6, 6.07) is 0. The Hall–Kier alpha value is -0.570. The van der Waals surface area contributed by atoms with Gasteiger partial charge in [0, 0.05) is 0 Å². The van der Waals surface area contributed by atoms with Gasteiger partial charge in [-0.25, -0.2) is 0 Å². The van der Waals surface area contributed by atoms with Gasteiger partial charge in [-0.2, -0.15) is 0 Å². The maximum absolute atomic E-state index is 7.13. The van der Waals surface area contributed by atoms with Crippen molar-refractivity contribution in [1.29, 1.82) is 5.41 Å². The Kier molecular flexibility index (Phi) is 4.05. The minimum atomic E-state index is 0.117. The Balaban J connectivity index is 3.27. The van der Waals surface area contributed by atoms with Crippen LogP contribution in [0.3, 0.4) is 0 Å². The second kappa shape index (κ2) is 4.32. The second-order valence-corrected chi connectivity index (χ2v) is 2.12. The van der Waals surface area contributed by atoms with Gasteiger partial charge in [0.25, 0.3) is 0 Å². The fourth-order valence-corrected chi connectivity index (χ4v) is 0.487. The third kappa shape index (κ3) is 5.30. The van der Waals surface area contributed by atoms with E-state index in [1.54, 1.807) is 7.05 Å². The van der Waals surface area contributed by atoms with Crippen LogP contribution in [0.25, 0.3) is 0 Å². The summed E-state index contributed by atoms with van der Waals surface area (Å²) in [6.07, 6.45) is 0.117. The molecular formula is C6H14N2O. The lowest BCUT2D eigenvalue weighted by Gasteiger charge is -2.08. The van der Waals surface area contributed by atoms with E-state index in [2.05, 4.69) is 5.32 Å². The highest BCUT2D eigenvalue weighted by atomic mass is 16.5. The van der Waals surface area contributed by atoms with Crippen molar-refractivity contribution in [2.45, 2.75) is 20.0 Å². The van der Waals surface area contributed by atoms with Crippen molar-refractivity contribution in [3.05, 3.63) is 0 Å². The minimum Gasteiger partial charge on any atom is -0.477 e. The summed E-state index contributed by atoms with van der Waals surface area (Å²) in [6.45, 7) is 4.33. The molecular weight excluding hydrogens is 116 g/mol. The molecule has 0 aliphatic rings. The van der Waals surface area contributed by atoms with E-state index in [-0.39, 0.29) is 6.10 Å². The summed E-state index contributed by atoms with van der Waals surface area (Å²) < 4.78 is 5.01. The predicted octanol–water partition coefficient (Wildman–Crippen LogP) is 0.608. The Labute approximate surface area is 55.9 Å². The van der Waals surface area contributed by atoms with Gasteiger partial charge in [0.2, 0.25) is 0 Å². The maximum Gasteiger partial charge on any atom is 0.195 e. The maximum atomic E-state index is 7.13. The van der Waals surface area contributed by atoms with E-state index >= 15 is 0 Å². The average molecular weight is 130 g/mol. The van der Waals surface area contributed by atoms with Gasteiger partial charge in [-0.05, 0) is 20.9 Å². The van der Waals surface area contributed by atoms with E-state index in [0.717, 1.165) is 0 Å². The van der Waals surface area contributed by atoms with Crippen molar-refractivity contribution in [3.8, 4) is 0 Å². The van der Waals surface area contributed by atoms with Gasteiger partial charge in [-0.1, -0.05) is 0 Å². The lowest BCUT2D eigenvalue weighted by Crippen LogP contribution is -2.22. The molecule has 0 bridgehead atoms. The summed E-state index contributed by atoms with van der Waals surface area (Å²) in [5, 5.41) is 9.96. The molecule has 0 fully saturated rings. The zero-order valence-electron chi connectivity index (χ0n) is 6.19. The molecule has 0 aromatic heterocycles. The standard InChI is InChI=1S/C6H14N2O/c1-5(2)9-6(7)4-8-3/h5,7-8H,4H2,1-3H3. The summed E-state index contributed by atoms with van der Waals surface area (Å²) in [5.74, 6) is 0.299. The molecule has 0 amide bonds. The van der Waals surface area contributed by atoms with Crippen LogP contribution in [-0.2, 0) is 4.74 Å². The van der Waals surface area contributed by atoms with Crippen LogP contribution in [0.4, 0.5) is 0 Å². The van der Waals surface area contributed by atoms with Crippen molar-refractivity contribution >= 4 is 5.90 Å². The van der Waals surface area contributed by atoms with Crippen molar-refractivity contribution < 1.29 is 4.74 Å². The van der Waals surface area contributed by atoms with Gasteiger partial charge < -0.3 is 10.1 Å². The van der Waals surface area contributed by atoms with Gasteiger partial charge >= 0.3 is 0 Å². The first-order valence-corrected chi connectivity index (χ1v) is 3.05. The molecule has 0 unspecified atom stereocenters. The quantitative estimate of drug-likeness (QED) is 0.434. The van der Waals surface area contributed by atoms with Crippen LogP contribution >= 0.6 is 0 Å². The normalized spacial score (nSPS) is 9.78. The molecule has 0 saturated heterocycles. The van der Waals surface area contributed by atoms with Gasteiger partial charge in [-0.3, -0.25) is 5.41 Å². The van der Waals surface area contributed by atoms with Crippen LogP contribution in [0.1, 0.15) is 13.8 Å². The highest BCUT2D eigenvalue weighted by molar-refractivity contribution is 5.74. The van der Waals surface area contributed by atoms with Crippen molar-refractivity contribution in [3.63, 3.8) is 0 Å². The van der Waals surface area contributed by atoms with Crippen LogP contribution < -0.4 is 5.32 Å². The number of ether oxygens (including phenoxy) is 1. The molecule has 2 N–H and O–H groups in total. The molecule has 3 heteroatoms. The molecule has 0 rings (SSSR count). The molecule has 9 heavy (non-hydrogen) atoms. The van der Waals surface area contributed by atoms with E-state index in [4.69, 9.17) is 10.1 Å². The van der Waals surface area contributed by atoms with Crippen LogP contribution in [0.15, 0.2) is 0 Å². The first-order chi connectivity index (χ1) is 4.16. The van der Waals surface area contributed by atoms with E-state index in [9.17, 15) is 0 Å². The molecule has 0 spiro atoms. The first kappa shape index (κ1) is 8.43. The van der Waals surface area contributed by atoms with E-state index in [0.29, 0.717) is 12.4 Å². The van der Waals surface area contributed by atoms with Crippen LogP contribution in [0.2, 0.25) is 0 Å². The van der Waals surface area contributed by atoms with Gasteiger partial charge in [0.1, 0.15) is 0 Å². The number of likely N-dealkylation sites (N-methyl/N-ethyl adjacent to an activating group) is 1. The minimum absolute atomic E-state index is 0.117. The smallest absolute Gasteiger partial charge is 0.195 e. The topological polar surface area (TPSA) is 45.1 Å². The van der Waals surface area contributed by atoms with Crippen LogP contribution in [-0.4, -0.2) is 25.6 Å². The second-order valence-electron chi connectivity index (χ2n) is 2.12.